The summed E-state index contributed by atoms with van der Waals surface area (Å²) in [5.74, 6) is -2.06. The minimum atomic E-state index is -0.897. The van der Waals surface area contributed by atoms with Crippen LogP contribution in [0.5, 0.6) is 0 Å². The largest absolute Gasteiger partial charge is 0.357 e. The van der Waals surface area contributed by atoms with E-state index in [9.17, 15) is 13.2 Å². The SMILES string of the molecule is Fc1ccc(CNc2nc(-c3ccc(F)c(F)c3)cs2)cc1. The number of aromatic nitrogens is 1. The van der Waals surface area contributed by atoms with E-state index in [2.05, 4.69) is 10.3 Å². The fraction of sp³-hybridized carbons (Fsp3) is 0.0625. The van der Waals surface area contributed by atoms with Gasteiger partial charge in [0.15, 0.2) is 16.8 Å². The van der Waals surface area contributed by atoms with Gasteiger partial charge in [0.25, 0.3) is 0 Å². The van der Waals surface area contributed by atoms with Gasteiger partial charge in [-0.25, -0.2) is 18.2 Å². The van der Waals surface area contributed by atoms with Crippen molar-refractivity contribution in [2.45, 2.75) is 6.54 Å². The fourth-order valence-electron chi connectivity index (χ4n) is 1.92. The van der Waals surface area contributed by atoms with Crippen LogP contribution < -0.4 is 5.32 Å². The van der Waals surface area contributed by atoms with E-state index in [0.717, 1.165) is 17.7 Å². The minimum absolute atomic E-state index is 0.279. The van der Waals surface area contributed by atoms with Crippen LogP contribution in [-0.4, -0.2) is 4.98 Å². The van der Waals surface area contributed by atoms with Crippen molar-refractivity contribution in [1.29, 1.82) is 0 Å². The summed E-state index contributed by atoms with van der Waals surface area (Å²) in [6, 6.07) is 9.84. The number of rotatable bonds is 4. The summed E-state index contributed by atoms with van der Waals surface area (Å²) in [4.78, 5) is 4.33. The number of nitrogens with zero attached hydrogens (tertiary/aromatic N) is 1. The Labute approximate surface area is 129 Å². The van der Waals surface area contributed by atoms with E-state index in [4.69, 9.17) is 0 Å². The van der Waals surface area contributed by atoms with Gasteiger partial charge in [-0.3, -0.25) is 0 Å². The van der Waals surface area contributed by atoms with E-state index in [1.165, 1.54) is 29.5 Å². The van der Waals surface area contributed by atoms with Gasteiger partial charge in [0, 0.05) is 17.5 Å². The van der Waals surface area contributed by atoms with Crippen molar-refractivity contribution in [3.05, 3.63) is 70.9 Å². The molecule has 0 aliphatic rings. The first-order valence-electron chi connectivity index (χ1n) is 6.51. The maximum atomic E-state index is 13.2. The van der Waals surface area contributed by atoms with Crippen molar-refractivity contribution < 1.29 is 13.2 Å². The van der Waals surface area contributed by atoms with Gasteiger partial charge in [-0.2, -0.15) is 0 Å². The quantitative estimate of drug-likeness (QED) is 0.744. The average molecular weight is 320 g/mol. The van der Waals surface area contributed by atoms with Crippen molar-refractivity contribution in [3.8, 4) is 11.3 Å². The van der Waals surface area contributed by atoms with E-state index in [1.54, 1.807) is 17.5 Å². The van der Waals surface area contributed by atoms with Crippen LogP contribution in [0.3, 0.4) is 0 Å². The van der Waals surface area contributed by atoms with E-state index in [0.29, 0.717) is 22.9 Å². The summed E-state index contributed by atoms with van der Waals surface area (Å²) in [7, 11) is 0. The van der Waals surface area contributed by atoms with Crippen molar-refractivity contribution in [2.75, 3.05) is 5.32 Å². The van der Waals surface area contributed by atoms with Crippen LogP contribution in [0.15, 0.2) is 47.8 Å². The molecule has 112 valence electrons. The van der Waals surface area contributed by atoms with Crippen LogP contribution in [0, 0.1) is 17.5 Å². The molecule has 0 fully saturated rings. The third-order valence-electron chi connectivity index (χ3n) is 3.08. The first-order chi connectivity index (χ1) is 10.6. The lowest BCUT2D eigenvalue weighted by atomic mass is 10.2. The van der Waals surface area contributed by atoms with Crippen LogP contribution in [0.2, 0.25) is 0 Å². The Morgan fingerprint density at radius 2 is 1.73 bits per heavy atom. The smallest absolute Gasteiger partial charge is 0.183 e. The maximum absolute atomic E-state index is 13.2. The molecule has 0 spiro atoms. The van der Waals surface area contributed by atoms with Crippen molar-refractivity contribution in [3.63, 3.8) is 0 Å². The van der Waals surface area contributed by atoms with Crippen molar-refractivity contribution in [2.24, 2.45) is 0 Å². The molecule has 22 heavy (non-hydrogen) atoms. The number of anilines is 1. The molecule has 1 aromatic heterocycles. The highest BCUT2D eigenvalue weighted by Gasteiger charge is 2.08. The van der Waals surface area contributed by atoms with Crippen molar-refractivity contribution in [1.82, 2.24) is 4.98 Å². The molecule has 0 saturated carbocycles. The predicted molar refractivity (Wildman–Crippen MR) is 81.2 cm³/mol. The van der Waals surface area contributed by atoms with E-state index in [-0.39, 0.29) is 5.82 Å². The van der Waals surface area contributed by atoms with E-state index < -0.39 is 11.6 Å². The molecule has 0 aliphatic carbocycles. The normalized spacial score (nSPS) is 10.7. The Bertz CT molecular complexity index is 784. The molecule has 2 nitrogen and oxygen atoms in total. The summed E-state index contributed by atoms with van der Waals surface area (Å²) in [5, 5.41) is 5.53. The lowest BCUT2D eigenvalue weighted by Gasteiger charge is -2.02. The van der Waals surface area contributed by atoms with Crippen LogP contribution in [0.1, 0.15) is 5.56 Å². The molecule has 1 N–H and O–H groups in total. The molecule has 0 saturated heterocycles. The lowest BCUT2D eigenvalue weighted by molar-refractivity contribution is 0.509. The fourth-order valence-corrected chi connectivity index (χ4v) is 2.64. The number of thiazole rings is 1. The Balaban J connectivity index is 1.70. The van der Waals surface area contributed by atoms with Crippen LogP contribution in [0.4, 0.5) is 18.3 Å². The predicted octanol–water partition coefficient (Wildman–Crippen LogP) is 4.84. The standard InChI is InChI=1S/C16H11F3N2S/c17-12-4-1-10(2-5-12)8-20-16-21-15(9-22-16)11-3-6-13(18)14(19)7-11/h1-7,9H,8H2,(H,20,21). The molecule has 0 aliphatic heterocycles. The summed E-state index contributed by atoms with van der Waals surface area (Å²) >= 11 is 1.36. The Morgan fingerprint density at radius 3 is 2.45 bits per heavy atom. The molecule has 3 rings (SSSR count). The third kappa shape index (κ3) is 3.28. The molecule has 0 bridgehead atoms. The molecule has 0 unspecified atom stereocenters. The summed E-state index contributed by atoms with van der Waals surface area (Å²) in [5.41, 5.74) is 2.02. The average Bonchev–Trinajstić information content (AvgIpc) is 2.98. The zero-order chi connectivity index (χ0) is 15.5. The van der Waals surface area contributed by atoms with E-state index >= 15 is 0 Å². The molecule has 0 amide bonds. The molecule has 1 heterocycles. The highest BCUT2D eigenvalue weighted by molar-refractivity contribution is 7.14. The monoisotopic (exact) mass is 320 g/mol. The first-order valence-corrected chi connectivity index (χ1v) is 7.39. The molecular weight excluding hydrogens is 309 g/mol. The maximum Gasteiger partial charge on any atom is 0.183 e. The lowest BCUT2D eigenvalue weighted by Crippen LogP contribution is -1.98. The van der Waals surface area contributed by atoms with Gasteiger partial charge in [-0.05, 0) is 35.9 Å². The second-order valence-electron chi connectivity index (χ2n) is 4.65. The van der Waals surface area contributed by atoms with Gasteiger partial charge < -0.3 is 5.32 Å². The first kappa shape index (κ1) is 14.6. The molecule has 2 aromatic carbocycles. The second kappa shape index (κ2) is 6.19. The Morgan fingerprint density at radius 1 is 0.955 bits per heavy atom. The van der Waals surface area contributed by atoms with Gasteiger partial charge >= 0.3 is 0 Å². The van der Waals surface area contributed by atoms with Gasteiger partial charge in [0.05, 0.1) is 5.69 Å². The number of benzene rings is 2. The van der Waals surface area contributed by atoms with Gasteiger partial charge in [0.2, 0.25) is 0 Å². The molecule has 6 heteroatoms. The second-order valence-corrected chi connectivity index (χ2v) is 5.50. The zero-order valence-corrected chi connectivity index (χ0v) is 12.1. The highest BCUT2D eigenvalue weighted by Crippen LogP contribution is 2.26. The van der Waals surface area contributed by atoms with Gasteiger partial charge in [-0.1, -0.05) is 12.1 Å². The van der Waals surface area contributed by atoms with Gasteiger partial charge in [0.1, 0.15) is 5.82 Å². The Hall–Kier alpha value is -2.34. The third-order valence-corrected chi connectivity index (χ3v) is 3.88. The summed E-state index contributed by atoms with van der Waals surface area (Å²) in [6.07, 6.45) is 0. The molecule has 0 atom stereocenters. The number of hydrogen-bond donors (Lipinski definition) is 1. The van der Waals surface area contributed by atoms with Crippen LogP contribution in [-0.2, 0) is 6.54 Å². The molecule has 3 aromatic rings. The Kier molecular flexibility index (Phi) is 4.11. The van der Waals surface area contributed by atoms with Gasteiger partial charge in [-0.15, -0.1) is 11.3 Å². The minimum Gasteiger partial charge on any atom is -0.357 e. The highest BCUT2D eigenvalue weighted by atomic mass is 32.1. The summed E-state index contributed by atoms with van der Waals surface area (Å²) in [6.45, 7) is 0.505. The van der Waals surface area contributed by atoms with Crippen molar-refractivity contribution >= 4 is 16.5 Å². The van der Waals surface area contributed by atoms with Crippen LogP contribution >= 0.6 is 11.3 Å². The number of hydrogen-bond acceptors (Lipinski definition) is 3. The molecule has 0 radical (unpaired) electrons. The summed E-state index contributed by atoms with van der Waals surface area (Å²) < 4.78 is 39.0. The number of nitrogens with one attached hydrogen (secondary N) is 1. The van der Waals surface area contributed by atoms with Crippen LogP contribution in [0.25, 0.3) is 11.3 Å². The van der Waals surface area contributed by atoms with E-state index in [1.807, 2.05) is 0 Å². The topological polar surface area (TPSA) is 24.9 Å². The molecular formula is C16H11F3N2S. The zero-order valence-electron chi connectivity index (χ0n) is 11.3. The number of halogens is 3.